The van der Waals surface area contributed by atoms with Crippen LogP contribution in [0.1, 0.15) is 29.8 Å². The lowest BCUT2D eigenvalue weighted by atomic mass is 10.2. The first kappa shape index (κ1) is 17.3. The summed E-state index contributed by atoms with van der Waals surface area (Å²) < 4.78 is 32.8. The van der Waals surface area contributed by atoms with E-state index in [-0.39, 0.29) is 12.2 Å². The molecule has 0 spiro atoms. The summed E-state index contributed by atoms with van der Waals surface area (Å²) in [6.07, 6.45) is -1.33. The zero-order valence-electron chi connectivity index (χ0n) is 14.7. The lowest BCUT2D eigenvalue weighted by Gasteiger charge is -2.31. The zero-order valence-corrected chi connectivity index (χ0v) is 14.7. The zero-order chi connectivity index (χ0) is 18.8. The minimum atomic E-state index is -2.50. The molecule has 0 bridgehead atoms. The maximum atomic E-state index is 12.7. The highest BCUT2D eigenvalue weighted by molar-refractivity contribution is 5.40. The Balaban J connectivity index is 1.48. The van der Waals surface area contributed by atoms with Gasteiger partial charge in [0.2, 0.25) is 5.88 Å². The van der Waals surface area contributed by atoms with Gasteiger partial charge in [-0.15, -0.1) is 15.3 Å². The number of hydrogen-bond acceptors (Lipinski definition) is 6. The van der Waals surface area contributed by atoms with Crippen molar-refractivity contribution in [2.24, 2.45) is 0 Å². The smallest absolute Gasteiger partial charge is 0.263 e. The van der Waals surface area contributed by atoms with Crippen LogP contribution in [-0.2, 0) is 6.61 Å². The molecule has 1 aliphatic heterocycles. The van der Waals surface area contributed by atoms with Gasteiger partial charge in [-0.1, -0.05) is 17.3 Å². The van der Waals surface area contributed by atoms with Gasteiger partial charge in [-0.2, -0.15) is 0 Å². The van der Waals surface area contributed by atoms with Crippen molar-refractivity contribution in [3.05, 3.63) is 53.3 Å². The Hall–Kier alpha value is -3.10. The van der Waals surface area contributed by atoms with Crippen molar-refractivity contribution in [1.29, 1.82) is 0 Å². The summed E-state index contributed by atoms with van der Waals surface area (Å²) in [5, 5.41) is 16.4. The Morgan fingerprint density at radius 1 is 1.04 bits per heavy atom. The van der Waals surface area contributed by atoms with Crippen LogP contribution in [-0.4, -0.2) is 38.3 Å². The second-order valence-electron chi connectivity index (χ2n) is 6.28. The minimum Gasteiger partial charge on any atom is -0.470 e. The van der Waals surface area contributed by atoms with Crippen molar-refractivity contribution >= 4 is 5.82 Å². The number of aryl methyl sites for hydroxylation is 1. The van der Waals surface area contributed by atoms with Gasteiger partial charge in [0.05, 0.1) is 11.4 Å². The average molecular weight is 372 g/mol. The number of rotatable bonds is 6. The van der Waals surface area contributed by atoms with Gasteiger partial charge in [0.1, 0.15) is 12.3 Å². The number of halogens is 2. The van der Waals surface area contributed by atoms with E-state index in [0.717, 1.165) is 18.9 Å². The minimum absolute atomic E-state index is 0.0362. The Kier molecular flexibility index (Phi) is 4.66. The molecule has 1 saturated heterocycles. The van der Waals surface area contributed by atoms with E-state index in [9.17, 15) is 8.78 Å². The van der Waals surface area contributed by atoms with Crippen LogP contribution in [0.25, 0.3) is 5.69 Å². The molecule has 1 aromatic carbocycles. The van der Waals surface area contributed by atoms with E-state index in [0.29, 0.717) is 23.0 Å². The molecule has 9 heteroatoms. The molecule has 3 aromatic rings. The van der Waals surface area contributed by atoms with E-state index >= 15 is 0 Å². The molecule has 7 nitrogen and oxygen atoms in total. The topological polar surface area (TPSA) is 69.0 Å². The fraction of sp³-hybridized carbons (Fsp3) is 0.333. The summed E-state index contributed by atoms with van der Waals surface area (Å²) in [5.74, 6) is 1.25. The predicted octanol–water partition coefficient (Wildman–Crippen LogP) is 3.09. The number of benzene rings is 1. The van der Waals surface area contributed by atoms with Crippen LogP contribution in [0.2, 0.25) is 0 Å². The highest BCUT2D eigenvalue weighted by Crippen LogP contribution is 2.22. The van der Waals surface area contributed by atoms with Crippen molar-refractivity contribution in [2.75, 3.05) is 18.0 Å². The molecule has 140 valence electrons. The fourth-order valence-electron chi connectivity index (χ4n) is 2.76. The van der Waals surface area contributed by atoms with Gasteiger partial charge in [0, 0.05) is 24.7 Å². The Bertz CT molecular complexity index is 907. The van der Waals surface area contributed by atoms with Gasteiger partial charge < -0.3 is 9.64 Å². The van der Waals surface area contributed by atoms with Crippen LogP contribution >= 0.6 is 0 Å². The van der Waals surface area contributed by atoms with Gasteiger partial charge in [0.15, 0.2) is 5.82 Å². The van der Waals surface area contributed by atoms with E-state index in [1.807, 2.05) is 13.0 Å². The molecule has 0 unspecified atom stereocenters. The molecule has 4 rings (SSSR count). The third-order valence-electron chi connectivity index (χ3n) is 4.51. The molecule has 0 saturated carbocycles. The maximum Gasteiger partial charge on any atom is 0.263 e. The lowest BCUT2D eigenvalue weighted by molar-refractivity contribution is 0.151. The summed E-state index contributed by atoms with van der Waals surface area (Å²) in [7, 11) is 0. The molecule has 1 fully saturated rings. The van der Waals surface area contributed by atoms with Crippen LogP contribution < -0.4 is 9.64 Å². The summed E-state index contributed by atoms with van der Waals surface area (Å²) in [4.78, 5) is 2.14. The number of alkyl halides is 2. The summed E-state index contributed by atoms with van der Waals surface area (Å²) in [6, 6.07) is 9.58. The summed E-state index contributed by atoms with van der Waals surface area (Å²) >= 11 is 0. The molecule has 1 aliphatic rings. The number of nitrogens with zero attached hydrogens (tertiary/aromatic N) is 6. The quantitative estimate of drug-likeness (QED) is 0.662. The van der Waals surface area contributed by atoms with Gasteiger partial charge >= 0.3 is 0 Å². The highest BCUT2D eigenvalue weighted by atomic mass is 19.3. The molecular formula is C18H18F2N6O. The van der Waals surface area contributed by atoms with Crippen molar-refractivity contribution < 1.29 is 13.5 Å². The molecular weight excluding hydrogens is 354 g/mol. The van der Waals surface area contributed by atoms with E-state index in [1.54, 1.807) is 22.9 Å². The first-order chi connectivity index (χ1) is 13.1. The Morgan fingerprint density at radius 2 is 1.81 bits per heavy atom. The van der Waals surface area contributed by atoms with E-state index in [1.165, 1.54) is 18.6 Å². The molecule has 0 aliphatic carbocycles. The normalized spacial score (nSPS) is 13.7. The van der Waals surface area contributed by atoms with Crippen molar-refractivity contribution in [1.82, 2.24) is 25.2 Å². The predicted molar refractivity (Wildman–Crippen MR) is 94.2 cm³/mol. The van der Waals surface area contributed by atoms with Crippen LogP contribution in [0.15, 0.2) is 36.4 Å². The number of aromatic nitrogens is 5. The molecule has 3 heterocycles. The van der Waals surface area contributed by atoms with Gasteiger partial charge in [-0.05, 0) is 31.5 Å². The Morgan fingerprint density at radius 3 is 2.41 bits per heavy atom. The van der Waals surface area contributed by atoms with Crippen molar-refractivity contribution in [3.63, 3.8) is 0 Å². The van der Waals surface area contributed by atoms with E-state index in [2.05, 4.69) is 25.4 Å². The number of hydrogen-bond donors (Lipinski definition) is 0. The van der Waals surface area contributed by atoms with Gasteiger partial charge in [0.25, 0.3) is 6.43 Å². The van der Waals surface area contributed by atoms with E-state index < -0.39 is 6.43 Å². The van der Waals surface area contributed by atoms with E-state index in [4.69, 9.17) is 4.74 Å². The third kappa shape index (κ3) is 3.57. The lowest BCUT2D eigenvalue weighted by Crippen LogP contribution is -2.37. The standard InChI is InChI=1S/C18H18F2N6O/c1-12-15(11-27-17-8-7-16(22-23-17)25-9-2-10-25)26(24-21-12)14-5-3-13(4-6-14)18(19)20/h3-8,18H,2,9-11H2,1H3. The largest absolute Gasteiger partial charge is 0.470 e. The monoisotopic (exact) mass is 372 g/mol. The fourth-order valence-corrected chi connectivity index (χ4v) is 2.76. The third-order valence-corrected chi connectivity index (χ3v) is 4.51. The van der Waals surface area contributed by atoms with Gasteiger partial charge in [-0.25, -0.2) is 13.5 Å². The summed E-state index contributed by atoms with van der Waals surface area (Å²) in [5.41, 5.74) is 2.01. The number of anilines is 1. The van der Waals surface area contributed by atoms with Crippen molar-refractivity contribution in [3.8, 4) is 11.6 Å². The van der Waals surface area contributed by atoms with Crippen LogP contribution in [0, 0.1) is 6.92 Å². The molecule has 0 atom stereocenters. The van der Waals surface area contributed by atoms with Crippen LogP contribution in [0.4, 0.5) is 14.6 Å². The number of ether oxygens (including phenoxy) is 1. The second-order valence-corrected chi connectivity index (χ2v) is 6.28. The van der Waals surface area contributed by atoms with Crippen LogP contribution in [0.5, 0.6) is 5.88 Å². The molecule has 0 radical (unpaired) electrons. The molecule has 0 N–H and O–H groups in total. The van der Waals surface area contributed by atoms with Crippen molar-refractivity contribution in [2.45, 2.75) is 26.4 Å². The Labute approximate surface area is 154 Å². The molecule has 2 aromatic heterocycles. The second kappa shape index (κ2) is 7.26. The maximum absolute atomic E-state index is 12.7. The highest BCUT2D eigenvalue weighted by Gasteiger charge is 2.17. The first-order valence-corrected chi connectivity index (χ1v) is 8.63. The average Bonchev–Trinajstić information content (AvgIpc) is 3.00. The van der Waals surface area contributed by atoms with Gasteiger partial charge in [-0.3, -0.25) is 0 Å². The van der Waals surface area contributed by atoms with Crippen LogP contribution in [0.3, 0.4) is 0 Å². The molecule has 0 amide bonds. The molecule has 27 heavy (non-hydrogen) atoms. The first-order valence-electron chi connectivity index (χ1n) is 8.63. The summed E-state index contributed by atoms with van der Waals surface area (Å²) in [6.45, 7) is 4.01. The SMILES string of the molecule is Cc1nnn(-c2ccc(C(F)F)cc2)c1COc1ccc(N2CCC2)nn1.